The molecule has 1 heterocycles. The van der Waals surface area contributed by atoms with Crippen molar-refractivity contribution in [1.29, 1.82) is 0 Å². The van der Waals surface area contributed by atoms with Gasteiger partial charge in [0.15, 0.2) is 0 Å². The third-order valence-electron chi connectivity index (χ3n) is 4.37. The molecule has 0 aliphatic carbocycles. The van der Waals surface area contributed by atoms with Gasteiger partial charge in [-0.15, -0.1) is 0 Å². The molecule has 1 aromatic rings. The van der Waals surface area contributed by atoms with Gasteiger partial charge < -0.3 is 10.2 Å². The molecule has 3 nitrogen and oxygen atoms in total. The number of hydrogen-bond donors (Lipinski definition) is 1. The molecule has 1 saturated heterocycles. The summed E-state index contributed by atoms with van der Waals surface area (Å²) in [5.74, 6) is 0.602. The molecule has 118 valence electrons. The first-order chi connectivity index (χ1) is 9.97. The maximum Gasteiger partial charge on any atom is 0.0476 e. The fourth-order valence-electron chi connectivity index (χ4n) is 3.13. The highest BCUT2D eigenvalue weighted by Gasteiger charge is 2.25. The van der Waals surface area contributed by atoms with Gasteiger partial charge in [0.05, 0.1) is 0 Å². The monoisotopic (exact) mass is 289 g/mol. The average Bonchev–Trinajstić information content (AvgIpc) is 2.44. The van der Waals surface area contributed by atoms with Crippen molar-refractivity contribution in [3.63, 3.8) is 0 Å². The van der Waals surface area contributed by atoms with Crippen molar-refractivity contribution < 1.29 is 0 Å². The standard InChI is InChI=1S/C18H31N3/c1-14(2)16-6-8-17(9-7-16)18(13-20(4)5)21-11-10-19-15(3)12-21/h6-9,14-15,18-19H,10-13H2,1-5H3. The molecule has 0 radical (unpaired) electrons. The topological polar surface area (TPSA) is 18.5 Å². The van der Waals surface area contributed by atoms with E-state index in [2.05, 4.69) is 74.2 Å². The van der Waals surface area contributed by atoms with Gasteiger partial charge in [-0.05, 0) is 38.1 Å². The van der Waals surface area contributed by atoms with E-state index in [9.17, 15) is 0 Å². The van der Waals surface area contributed by atoms with Crippen molar-refractivity contribution in [2.45, 2.75) is 38.8 Å². The number of rotatable bonds is 5. The quantitative estimate of drug-likeness (QED) is 0.899. The van der Waals surface area contributed by atoms with E-state index in [0.717, 1.165) is 26.2 Å². The summed E-state index contributed by atoms with van der Waals surface area (Å²) in [7, 11) is 4.34. The second-order valence-electron chi connectivity index (χ2n) is 6.95. The minimum absolute atomic E-state index is 0.491. The van der Waals surface area contributed by atoms with Gasteiger partial charge in [-0.25, -0.2) is 0 Å². The molecular weight excluding hydrogens is 258 g/mol. The van der Waals surface area contributed by atoms with Crippen molar-refractivity contribution >= 4 is 0 Å². The average molecular weight is 289 g/mol. The number of nitrogens with one attached hydrogen (secondary N) is 1. The second kappa shape index (κ2) is 7.39. The van der Waals surface area contributed by atoms with Gasteiger partial charge >= 0.3 is 0 Å². The Morgan fingerprint density at radius 1 is 1.19 bits per heavy atom. The minimum Gasteiger partial charge on any atom is -0.312 e. The zero-order valence-corrected chi connectivity index (χ0v) is 14.3. The molecule has 2 rings (SSSR count). The normalized spacial score (nSPS) is 22.0. The molecule has 3 heteroatoms. The lowest BCUT2D eigenvalue weighted by Gasteiger charge is -2.39. The molecule has 1 N–H and O–H groups in total. The highest BCUT2D eigenvalue weighted by atomic mass is 15.2. The van der Waals surface area contributed by atoms with Crippen LogP contribution in [0.1, 0.15) is 43.9 Å². The SMILES string of the molecule is CC1CN(C(CN(C)C)c2ccc(C(C)C)cc2)CCN1. The van der Waals surface area contributed by atoms with Crippen molar-refractivity contribution in [2.24, 2.45) is 0 Å². The van der Waals surface area contributed by atoms with E-state index < -0.39 is 0 Å². The molecular formula is C18H31N3. The molecule has 1 aliphatic rings. The van der Waals surface area contributed by atoms with Crippen LogP contribution in [0.15, 0.2) is 24.3 Å². The summed E-state index contributed by atoms with van der Waals surface area (Å²) in [5.41, 5.74) is 2.87. The van der Waals surface area contributed by atoms with Crippen LogP contribution in [0.25, 0.3) is 0 Å². The molecule has 0 saturated carbocycles. The Hall–Kier alpha value is -0.900. The first-order valence-electron chi connectivity index (χ1n) is 8.19. The van der Waals surface area contributed by atoms with E-state index in [4.69, 9.17) is 0 Å². The summed E-state index contributed by atoms with van der Waals surface area (Å²) < 4.78 is 0. The summed E-state index contributed by atoms with van der Waals surface area (Å²) >= 11 is 0. The molecule has 0 bridgehead atoms. The van der Waals surface area contributed by atoms with Crippen molar-refractivity contribution in [3.8, 4) is 0 Å². The molecule has 2 unspecified atom stereocenters. The van der Waals surface area contributed by atoms with Crippen LogP contribution >= 0.6 is 0 Å². The Kier molecular flexibility index (Phi) is 5.80. The van der Waals surface area contributed by atoms with Gasteiger partial charge in [0, 0.05) is 38.3 Å². The minimum atomic E-state index is 0.491. The van der Waals surface area contributed by atoms with E-state index in [1.165, 1.54) is 11.1 Å². The van der Waals surface area contributed by atoms with Gasteiger partial charge in [-0.2, -0.15) is 0 Å². The summed E-state index contributed by atoms with van der Waals surface area (Å²) in [6.45, 7) is 11.2. The maximum absolute atomic E-state index is 3.54. The Balaban J connectivity index is 2.18. The van der Waals surface area contributed by atoms with E-state index >= 15 is 0 Å². The van der Waals surface area contributed by atoms with Crippen molar-refractivity contribution in [1.82, 2.24) is 15.1 Å². The summed E-state index contributed by atoms with van der Waals surface area (Å²) in [6.07, 6.45) is 0. The number of likely N-dealkylation sites (N-methyl/N-ethyl adjacent to an activating group) is 1. The van der Waals surface area contributed by atoms with Crippen LogP contribution in [-0.2, 0) is 0 Å². The number of hydrogen-bond acceptors (Lipinski definition) is 3. The molecule has 1 aromatic carbocycles. The van der Waals surface area contributed by atoms with E-state index in [-0.39, 0.29) is 0 Å². The molecule has 1 aliphatic heterocycles. The van der Waals surface area contributed by atoms with Crippen molar-refractivity contribution in [3.05, 3.63) is 35.4 Å². The zero-order chi connectivity index (χ0) is 15.4. The summed E-state index contributed by atoms with van der Waals surface area (Å²) in [6, 6.07) is 10.3. The predicted octanol–water partition coefficient (Wildman–Crippen LogP) is 2.71. The maximum atomic E-state index is 3.54. The summed E-state index contributed by atoms with van der Waals surface area (Å²) in [5, 5.41) is 3.54. The Labute approximate surface area is 130 Å². The zero-order valence-electron chi connectivity index (χ0n) is 14.3. The number of nitrogens with zero attached hydrogens (tertiary/aromatic N) is 2. The van der Waals surface area contributed by atoms with Crippen molar-refractivity contribution in [2.75, 3.05) is 40.3 Å². The third-order valence-corrected chi connectivity index (χ3v) is 4.37. The lowest BCUT2D eigenvalue weighted by Crippen LogP contribution is -2.51. The van der Waals surface area contributed by atoms with E-state index in [0.29, 0.717) is 18.0 Å². The lowest BCUT2D eigenvalue weighted by molar-refractivity contribution is 0.125. The van der Waals surface area contributed by atoms with Crippen LogP contribution in [0.3, 0.4) is 0 Å². The first-order valence-corrected chi connectivity index (χ1v) is 8.19. The molecule has 2 atom stereocenters. The Morgan fingerprint density at radius 3 is 2.33 bits per heavy atom. The molecule has 0 aromatic heterocycles. The van der Waals surface area contributed by atoms with Gasteiger partial charge in [-0.3, -0.25) is 4.90 Å². The van der Waals surface area contributed by atoms with Crippen LogP contribution < -0.4 is 5.32 Å². The van der Waals surface area contributed by atoms with Crippen LogP contribution in [0.2, 0.25) is 0 Å². The number of benzene rings is 1. The Bertz CT molecular complexity index is 425. The number of piperazine rings is 1. The molecule has 1 fully saturated rings. The molecule has 0 spiro atoms. The second-order valence-corrected chi connectivity index (χ2v) is 6.95. The van der Waals surface area contributed by atoms with Crippen LogP contribution in [0, 0.1) is 0 Å². The van der Waals surface area contributed by atoms with E-state index in [1.54, 1.807) is 0 Å². The fraction of sp³-hybridized carbons (Fsp3) is 0.667. The van der Waals surface area contributed by atoms with Crippen LogP contribution in [0.4, 0.5) is 0 Å². The fourth-order valence-corrected chi connectivity index (χ4v) is 3.13. The highest BCUT2D eigenvalue weighted by molar-refractivity contribution is 5.27. The molecule has 0 amide bonds. The van der Waals surface area contributed by atoms with Gasteiger partial charge in [0.2, 0.25) is 0 Å². The van der Waals surface area contributed by atoms with E-state index in [1.807, 2.05) is 0 Å². The summed E-state index contributed by atoms with van der Waals surface area (Å²) in [4.78, 5) is 4.93. The highest BCUT2D eigenvalue weighted by Crippen LogP contribution is 2.25. The van der Waals surface area contributed by atoms with Crippen LogP contribution in [-0.4, -0.2) is 56.1 Å². The Morgan fingerprint density at radius 2 is 1.81 bits per heavy atom. The van der Waals surface area contributed by atoms with Crippen LogP contribution in [0.5, 0.6) is 0 Å². The third kappa shape index (κ3) is 4.53. The van der Waals surface area contributed by atoms with Gasteiger partial charge in [0.25, 0.3) is 0 Å². The molecule has 21 heavy (non-hydrogen) atoms. The predicted molar refractivity (Wildman–Crippen MR) is 90.9 cm³/mol. The van der Waals surface area contributed by atoms with Gasteiger partial charge in [-0.1, -0.05) is 38.1 Å². The smallest absolute Gasteiger partial charge is 0.0476 e. The van der Waals surface area contributed by atoms with Gasteiger partial charge in [0.1, 0.15) is 0 Å². The first kappa shape index (κ1) is 16.5. The largest absolute Gasteiger partial charge is 0.312 e. The lowest BCUT2D eigenvalue weighted by atomic mass is 9.97.